The summed E-state index contributed by atoms with van der Waals surface area (Å²) in [5, 5.41) is 2.92. The van der Waals surface area contributed by atoms with Crippen molar-refractivity contribution in [3.05, 3.63) is 48.3 Å². The lowest BCUT2D eigenvalue weighted by Gasteiger charge is -2.34. The average Bonchev–Trinajstić information content (AvgIpc) is 2.65. The van der Waals surface area contributed by atoms with Gasteiger partial charge < -0.3 is 19.9 Å². The van der Waals surface area contributed by atoms with Gasteiger partial charge in [-0.2, -0.15) is 0 Å². The summed E-state index contributed by atoms with van der Waals surface area (Å²) < 4.78 is 5.76. The van der Waals surface area contributed by atoms with Gasteiger partial charge in [0.2, 0.25) is 0 Å². The van der Waals surface area contributed by atoms with Crippen molar-refractivity contribution in [3.63, 3.8) is 0 Å². The lowest BCUT2D eigenvalue weighted by molar-refractivity contribution is 0.102. The zero-order chi connectivity index (χ0) is 17.6. The summed E-state index contributed by atoms with van der Waals surface area (Å²) in [5.41, 5.74) is 2.32. The SMILES string of the molecule is CCOc1cc(N2CCN(C)CC2)ccc1NC(=O)c1cccnc1. The number of hydrogen-bond acceptors (Lipinski definition) is 5. The number of hydrogen-bond donors (Lipinski definition) is 1. The van der Waals surface area contributed by atoms with Gasteiger partial charge in [0.1, 0.15) is 5.75 Å². The molecule has 1 aliphatic rings. The van der Waals surface area contributed by atoms with Gasteiger partial charge in [-0.15, -0.1) is 0 Å². The number of rotatable bonds is 5. The largest absolute Gasteiger partial charge is 0.492 e. The maximum atomic E-state index is 12.4. The highest BCUT2D eigenvalue weighted by molar-refractivity contribution is 6.04. The van der Waals surface area contributed by atoms with E-state index in [-0.39, 0.29) is 5.91 Å². The second-order valence-electron chi connectivity index (χ2n) is 6.10. The summed E-state index contributed by atoms with van der Waals surface area (Å²) in [7, 11) is 2.14. The van der Waals surface area contributed by atoms with E-state index in [0.717, 1.165) is 31.9 Å². The third-order valence-electron chi connectivity index (χ3n) is 4.31. The molecule has 132 valence electrons. The Morgan fingerprint density at radius 2 is 2.04 bits per heavy atom. The molecule has 1 fully saturated rings. The first-order valence-electron chi connectivity index (χ1n) is 8.59. The number of anilines is 2. The Bertz CT molecular complexity index is 713. The van der Waals surface area contributed by atoms with E-state index >= 15 is 0 Å². The van der Waals surface area contributed by atoms with Gasteiger partial charge in [0, 0.05) is 50.3 Å². The number of carbonyl (C=O) groups excluding carboxylic acids is 1. The van der Waals surface area contributed by atoms with Gasteiger partial charge in [-0.25, -0.2) is 0 Å². The minimum atomic E-state index is -0.193. The van der Waals surface area contributed by atoms with Crippen LogP contribution in [-0.4, -0.2) is 55.6 Å². The molecule has 0 saturated carbocycles. The van der Waals surface area contributed by atoms with Crippen molar-refractivity contribution in [2.24, 2.45) is 0 Å². The summed E-state index contributed by atoms with van der Waals surface area (Å²) in [4.78, 5) is 21.0. The fraction of sp³-hybridized carbons (Fsp3) is 0.368. The van der Waals surface area contributed by atoms with Crippen LogP contribution in [0.15, 0.2) is 42.7 Å². The minimum absolute atomic E-state index is 0.193. The number of likely N-dealkylation sites (N-methyl/N-ethyl adjacent to an activating group) is 1. The Morgan fingerprint density at radius 1 is 1.24 bits per heavy atom. The van der Waals surface area contributed by atoms with Crippen molar-refractivity contribution in [3.8, 4) is 5.75 Å². The quantitative estimate of drug-likeness (QED) is 0.906. The molecule has 0 aliphatic carbocycles. The van der Waals surface area contributed by atoms with Gasteiger partial charge in [0.15, 0.2) is 0 Å². The Labute approximate surface area is 148 Å². The number of carbonyl (C=O) groups is 1. The van der Waals surface area contributed by atoms with E-state index in [2.05, 4.69) is 27.1 Å². The molecule has 25 heavy (non-hydrogen) atoms. The Morgan fingerprint density at radius 3 is 2.72 bits per heavy atom. The van der Waals surface area contributed by atoms with Crippen LogP contribution in [0.3, 0.4) is 0 Å². The lowest BCUT2D eigenvalue weighted by atomic mass is 10.2. The first-order chi connectivity index (χ1) is 12.2. The second-order valence-corrected chi connectivity index (χ2v) is 6.10. The number of piperazine rings is 1. The van der Waals surface area contributed by atoms with Crippen LogP contribution in [0.25, 0.3) is 0 Å². The first kappa shape index (κ1) is 17.2. The Balaban J connectivity index is 1.78. The van der Waals surface area contributed by atoms with Gasteiger partial charge in [-0.3, -0.25) is 9.78 Å². The molecule has 6 heteroatoms. The number of nitrogens with zero attached hydrogens (tertiary/aromatic N) is 3. The van der Waals surface area contributed by atoms with Crippen molar-refractivity contribution >= 4 is 17.3 Å². The van der Waals surface area contributed by atoms with E-state index in [1.165, 1.54) is 0 Å². The highest BCUT2D eigenvalue weighted by atomic mass is 16.5. The van der Waals surface area contributed by atoms with E-state index in [4.69, 9.17) is 4.74 Å². The number of amides is 1. The number of pyridine rings is 1. The first-order valence-corrected chi connectivity index (χ1v) is 8.59. The zero-order valence-corrected chi connectivity index (χ0v) is 14.7. The number of aromatic nitrogens is 1. The van der Waals surface area contributed by atoms with E-state index in [0.29, 0.717) is 23.6 Å². The number of benzene rings is 1. The Kier molecular flexibility index (Phi) is 5.50. The van der Waals surface area contributed by atoms with Crippen molar-refractivity contribution in [2.75, 3.05) is 50.1 Å². The van der Waals surface area contributed by atoms with Gasteiger partial charge in [-0.1, -0.05) is 0 Å². The molecule has 1 amide bonds. The smallest absolute Gasteiger partial charge is 0.257 e. The van der Waals surface area contributed by atoms with Gasteiger partial charge in [-0.05, 0) is 38.2 Å². The van der Waals surface area contributed by atoms with E-state index in [9.17, 15) is 4.79 Å². The second kappa shape index (κ2) is 7.98. The molecule has 2 heterocycles. The number of ether oxygens (including phenoxy) is 1. The van der Waals surface area contributed by atoms with E-state index in [1.54, 1.807) is 24.5 Å². The zero-order valence-electron chi connectivity index (χ0n) is 14.7. The summed E-state index contributed by atoms with van der Waals surface area (Å²) >= 11 is 0. The molecule has 2 aromatic rings. The fourth-order valence-corrected chi connectivity index (χ4v) is 2.84. The van der Waals surface area contributed by atoms with Crippen LogP contribution in [-0.2, 0) is 0 Å². The third kappa shape index (κ3) is 4.28. The molecule has 6 nitrogen and oxygen atoms in total. The molecule has 1 N–H and O–H groups in total. The maximum absolute atomic E-state index is 12.4. The molecule has 1 aliphatic heterocycles. The van der Waals surface area contributed by atoms with Gasteiger partial charge >= 0.3 is 0 Å². The van der Waals surface area contributed by atoms with Crippen molar-refractivity contribution in [1.29, 1.82) is 0 Å². The molecule has 1 aromatic heterocycles. The average molecular weight is 340 g/mol. The highest BCUT2D eigenvalue weighted by Crippen LogP contribution is 2.31. The van der Waals surface area contributed by atoms with Crippen LogP contribution in [0.4, 0.5) is 11.4 Å². The molecule has 0 spiro atoms. The molecule has 0 unspecified atom stereocenters. The van der Waals surface area contributed by atoms with E-state index < -0.39 is 0 Å². The lowest BCUT2D eigenvalue weighted by Crippen LogP contribution is -2.44. The summed E-state index contributed by atoms with van der Waals surface area (Å²) in [6, 6.07) is 9.43. The van der Waals surface area contributed by atoms with Crippen LogP contribution < -0.4 is 15.0 Å². The molecule has 3 rings (SSSR count). The van der Waals surface area contributed by atoms with Gasteiger partial charge in [0.05, 0.1) is 17.9 Å². The molecule has 0 radical (unpaired) electrons. The topological polar surface area (TPSA) is 57.7 Å². The molecular weight excluding hydrogens is 316 g/mol. The summed E-state index contributed by atoms with van der Waals surface area (Å²) in [5.74, 6) is 0.498. The third-order valence-corrected chi connectivity index (χ3v) is 4.31. The highest BCUT2D eigenvalue weighted by Gasteiger charge is 2.17. The normalized spacial score (nSPS) is 15.0. The van der Waals surface area contributed by atoms with Gasteiger partial charge in [0.25, 0.3) is 5.91 Å². The maximum Gasteiger partial charge on any atom is 0.257 e. The monoisotopic (exact) mass is 340 g/mol. The minimum Gasteiger partial charge on any atom is -0.492 e. The van der Waals surface area contributed by atoms with Crippen LogP contribution in [0, 0.1) is 0 Å². The molecule has 0 bridgehead atoms. The molecule has 0 atom stereocenters. The van der Waals surface area contributed by atoms with E-state index in [1.807, 2.05) is 25.1 Å². The Hall–Kier alpha value is -2.60. The molecular formula is C19H24N4O2. The van der Waals surface area contributed by atoms with Crippen molar-refractivity contribution in [2.45, 2.75) is 6.92 Å². The van der Waals surface area contributed by atoms with Crippen LogP contribution in [0.2, 0.25) is 0 Å². The van der Waals surface area contributed by atoms with Crippen LogP contribution in [0.5, 0.6) is 5.75 Å². The summed E-state index contributed by atoms with van der Waals surface area (Å²) in [6.45, 7) is 6.55. The van der Waals surface area contributed by atoms with Crippen LogP contribution in [0.1, 0.15) is 17.3 Å². The van der Waals surface area contributed by atoms with Crippen molar-refractivity contribution in [1.82, 2.24) is 9.88 Å². The predicted molar refractivity (Wildman–Crippen MR) is 99.5 cm³/mol. The van der Waals surface area contributed by atoms with Crippen LogP contribution >= 0.6 is 0 Å². The van der Waals surface area contributed by atoms with Crippen molar-refractivity contribution < 1.29 is 9.53 Å². The summed E-state index contributed by atoms with van der Waals surface area (Å²) in [6.07, 6.45) is 3.20. The number of nitrogens with one attached hydrogen (secondary N) is 1. The predicted octanol–water partition coefficient (Wildman–Crippen LogP) is 2.48. The molecule has 1 aromatic carbocycles. The molecule has 1 saturated heterocycles. The fourth-order valence-electron chi connectivity index (χ4n) is 2.84. The standard InChI is InChI=1S/C19H24N4O2/c1-3-25-18-13-16(23-11-9-22(2)10-12-23)6-7-17(18)21-19(24)15-5-4-8-20-14-15/h4-8,13-14H,3,9-12H2,1-2H3,(H,21,24).